The van der Waals surface area contributed by atoms with Gasteiger partial charge in [0.15, 0.2) is 0 Å². The summed E-state index contributed by atoms with van der Waals surface area (Å²) in [5.74, 6) is -1.56. The number of nitrogens with one attached hydrogen (secondary N) is 1. The fraction of sp³-hybridized carbons (Fsp3) is 0.0833. The lowest BCUT2D eigenvalue weighted by Crippen LogP contribution is -2.22. The molecule has 2 rings (SSSR count). The van der Waals surface area contributed by atoms with Crippen molar-refractivity contribution < 1.29 is 18.5 Å². The molecular weight excluding hydrogens is 255 g/mol. The number of rotatable bonds is 4. The second kappa shape index (κ2) is 5.30. The van der Waals surface area contributed by atoms with Crippen LogP contribution in [0, 0.1) is 15.9 Å². The number of halogens is 1. The van der Waals surface area contributed by atoms with Crippen LogP contribution in [0.25, 0.3) is 0 Å². The minimum absolute atomic E-state index is 0.0200. The molecule has 0 aliphatic carbocycles. The van der Waals surface area contributed by atoms with Crippen LogP contribution in [0.5, 0.6) is 0 Å². The molecule has 0 bridgehead atoms. The Morgan fingerprint density at radius 3 is 2.79 bits per heavy atom. The topological polar surface area (TPSA) is 85.4 Å². The van der Waals surface area contributed by atoms with Crippen LogP contribution in [0.15, 0.2) is 41.2 Å². The van der Waals surface area contributed by atoms with Gasteiger partial charge in [0.05, 0.1) is 17.4 Å². The van der Waals surface area contributed by atoms with Gasteiger partial charge in [-0.15, -0.1) is 0 Å². The van der Waals surface area contributed by atoms with Crippen molar-refractivity contribution in [1.82, 2.24) is 5.32 Å². The molecule has 1 aromatic carbocycles. The number of hydrogen-bond donors (Lipinski definition) is 1. The molecule has 19 heavy (non-hydrogen) atoms. The third kappa shape index (κ3) is 2.95. The molecule has 1 aromatic heterocycles. The van der Waals surface area contributed by atoms with Gasteiger partial charge in [-0.3, -0.25) is 14.9 Å². The molecule has 0 aliphatic rings. The fourth-order valence-electron chi connectivity index (χ4n) is 1.47. The molecule has 0 unspecified atom stereocenters. The zero-order valence-electron chi connectivity index (χ0n) is 9.63. The Bertz CT molecular complexity index is 610. The van der Waals surface area contributed by atoms with Crippen LogP contribution < -0.4 is 5.32 Å². The predicted octanol–water partition coefficient (Wildman–Crippen LogP) is 2.26. The van der Waals surface area contributed by atoms with Crippen molar-refractivity contribution in [3.63, 3.8) is 0 Å². The van der Waals surface area contributed by atoms with Crippen LogP contribution in [-0.4, -0.2) is 10.8 Å². The molecule has 0 atom stereocenters. The first-order chi connectivity index (χ1) is 9.08. The van der Waals surface area contributed by atoms with Gasteiger partial charge in [-0.1, -0.05) is 0 Å². The minimum Gasteiger partial charge on any atom is -0.472 e. The highest BCUT2D eigenvalue weighted by molar-refractivity contribution is 5.94. The highest BCUT2D eigenvalue weighted by Gasteiger charge is 2.16. The van der Waals surface area contributed by atoms with E-state index in [1.165, 1.54) is 18.6 Å². The summed E-state index contributed by atoms with van der Waals surface area (Å²) in [5.41, 5.74) is 0.119. The van der Waals surface area contributed by atoms with Crippen molar-refractivity contribution >= 4 is 11.6 Å². The van der Waals surface area contributed by atoms with E-state index in [0.29, 0.717) is 0 Å². The molecule has 98 valence electrons. The number of benzene rings is 1. The molecule has 0 fully saturated rings. The van der Waals surface area contributed by atoms with Gasteiger partial charge in [0.25, 0.3) is 5.91 Å². The zero-order valence-corrected chi connectivity index (χ0v) is 9.63. The summed E-state index contributed by atoms with van der Waals surface area (Å²) in [6, 6.07) is 4.67. The van der Waals surface area contributed by atoms with Crippen molar-refractivity contribution in [3.05, 3.63) is 63.9 Å². The summed E-state index contributed by atoms with van der Waals surface area (Å²) in [6.07, 6.45) is 2.93. The third-order valence-corrected chi connectivity index (χ3v) is 2.44. The predicted molar refractivity (Wildman–Crippen MR) is 62.9 cm³/mol. The maximum atomic E-state index is 13.3. The maximum absolute atomic E-state index is 13.3. The van der Waals surface area contributed by atoms with Crippen molar-refractivity contribution in [3.8, 4) is 0 Å². The number of nitro benzene ring substituents is 1. The van der Waals surface area contributed by atoms with Crippen LogP contribution in [-0.2, 0) is 6.54 Å². The number of furan rings is 1. The number of hydrogen-bond acceptors (Lipinski definition) is 4. The Hall–Kier alpha value is -2.70. The van der Waals surface area contributed by atoms with Gasteiger partial charge in [-0.25, -0.2) is 0 Å². The van der Waals surface area contributed by atoms with Crippen molar-refractivity contribution in [1.29, 1.82) is 0 Å². The summed E-state index contributed by atoms with van der Waals surface area (Å²) < 4.78 is 18.2. The molecular formula is C12H9FN2O4. The van der Waals surface area contributed by atoms with E-state index in [2.05, 4.69) is 5.32 Å². The molecule has 6 nitrogen and oxygen atoms in total. The van der Waals surface area contributed by atoms with Gasteiger partial charge < -0.3 is 9.73 Å². The van der Waals surface area contributed by atoms with Gasteiger partial charge in [0.1, 0.15) is 0 Å². The summed E-state index contributed by atoms with van der Waals surface area (Å²) in [5, 5.41) is 13.0. The second-order valence-electron chi connectivity index (χ2n) is 3.74. The highest BCUT2D eigenvalue weighted by Crippen LogP contribution is 2.17. The fourth-order valence-corrected chi connectivity index (χ4v) is 1.47. The molecule has 0 saturated carbocycles. The Labute approximate surface area is 107 Å². The van der Waals surface area contributed by atoms with Gasteiger partial charge in [-0.2, -0.15) is 4.39 Å². The average molecular weight is 264 g/mol. The van der Waals surface area contributed by atoms with Crippen LogP contribution in [0.2, 0.25) is 0 Å². The lowest BCUT2D eigenvalue weighted by atomic mass is 10.2. The average Bonchev–Trinajstić information content (AvgIpc) is 2.88. The van der Waals surface area contributed by atoms with E-state index in [0.717, 1.165) is 17.7 Å². The summed E-state index contributed by atoms with van der Waals surface area (Å²) in [7, 11) is 0. The van der Waals surface area contributed by atoms with Crippen LogP contribution >= 0.6 is 0 Å². The summed E-state index contributed by atoms with van der Waals surface area (Å²) in [4.78, 5) is 21.3. The smallest absolute Gasteiger partial charge is 0.304 e. The SMILES string of the molecule is O=C(NCc1ccoc1)c1ccc([N+](=O)[O-])c(F)c1. The van der Waals surface area contributed by atoms with Crippen LogP contribution in [0.4, 0.5) is 10.1 Å². The molecule has 0 radical (unpaired) electrons. The monoisotopic (exact) mass is 264 g/mol. The third-order valence-electron chi connectivity index (χ3n) is 2.44. The Morgan fingerprint density at radius 1 is 1.42 bits per heavy atom. The minimum atomic E-state index is -1.04. The zero-order chi connectivity index (χ0) is 13.8. The molecule has 2 aromatic rings. The van der Waals surface area contributed by atoms with E-state index in [1.54, 1.807) is 6.07 Å². The number of nitrogens with zero attached hydrogens (tertiary/aromatic N) is 1. The first-order valence-corrected chi connectivity index (χ1v) is 5.31. The second-order valence-corrected chi connectivity index (χ2v) is 3.74. The molecule has 0 aliphatic heterocycles. The van der Waals surface area contributed by atoms with Gasteiger partial charge >= 0.3 is 5.69 Å². The first-order valence-electron chi connectivity index (χ1n) is 5.31. The quantitative estimate of drug-likeness (QED) is 0.678. The lowest BCUT2D eigenvalue weighted by molar-refractivity contribution is -0.387. The first kappa shape index (κ1) is 12.7. The molecule has 1 amide bonds. The van der Waals surface area contributed by atoms with Gasteiger partial charge in [-0.05, 0) is 18.2 Å². The largest absolute Gasteiger partial charge is 0.472 e. The molecule has 7 heteroatoms. The molecule has 0 spiro atoms. The van der Waals surface area contributed by atoms with Crippen LogP contribution in [0.1, 0.15) is 15.9 Å². The highest BCUT2D eigenvalue weighted by atomic mass is 19.1. The van der Waals surface area contributed by atoms with E-state index < -0.39 is 22.3 Å². The van der Waals surface area contributed by atoms with Crippen molar-refractivity contribution in [2.45, 2.75) is 6.54 Å². The van der Waals surface area contributed by atoms with E-state index in [4.69, 9.17) is 4.42 Å². The van der Waals surface area contributed by atoms with Crippen molar-refractivity contribution in [2.75, 3.05) is 0 Å². The molecule has 1 N–H and O–H groups in total. The summed E-state index contributed by atoms with van der Waals surface area (Å²) >= 11 is 0. The maximum Gasteiger partial charge on any atom is 0.304 e. The van der Waals surface area contributed by atoms with Crippen molar-refractivity contribution in [2.24, 2.45) is 0 Å². The Morgan fingerprint density at radius 2 is 2.21 bits per heavy atom. The van der Waals surface area contributed by atoms with E-state index in [-0.39, 0.29) is 12.1 Å². The van der Waals surface area contributed by atoms with E-state index in [1.807, 2.05) is 0 Å². The molecule has 0 saturated heterocycles. The van der Waals surface area contributed by atoms with E-state index >= 15 is 0 Å². The number of carbonyl (C=O) groups is 1. The Kier molecular flexibility index (Phi) is 3.56. The standard InChI is InChI=1S/C12H9FN2O4/c13-10-5-9(1-2-11(10)15(17)18)12(16)14-6-8-3-4-19-7-8/h1-5,7H,6H2,(H,14,16). The summed E-state index contributed by atoms with van der Waals surface area (Å²) in [6.45, 7) is 0.230. The Balaban J connectivity index is 2.07. The lowest BCUT2D eigenvalue weighted by Gasteiger charge is -2.03. The van der Waals surface area contributed by atoms with E-state index in [9.17, 15) is 19.3 Å². The normalized spacial score (nSPS) is 10.2. The number of amides is 1. The molecule has 1 heterocycles. The number of nitro groups is 1. The van der Waals surface area contributed by atoms with Gasteiger partial charge in [0, 0.05) is 23.7 Å². The number of carbonyl (C=O) groups excluding carboxylic acids is 1. The van der Waals surface area contributed by atoms with Gasteiger partial charge in [0.2, 0.25) is 5.82 Å². The van der Waals surface area contributed by atoms with Crippen LogP contribution in [0.3, 0.4) is 0 Å².